The number of amides is 1. The van der Waals surface area contributed by atoms with Gasteiger partial charge in [0.05, 0.1) is 38.2 Å². The quantitative estimate of drug-likeness (QED) is 0.825. The number of nitrogens with one attached hydrogen (secondary N) is 1. The van der Waals surface area contributed by atoms with Crippen molar-refractivity contribution in [1.82, 2.24) is 9.62 Å². The summed E-state index contributed by atoms with van der Waals surface area (Å²) in [5, 5.41) is 2.93. The fourth-order valence-corrected chi connectivity index (χ4v) is 4.17. The number of sulfonamides is 1. The Balaban J connectivity index is 1.71. The Morgan fingerprint density at radius 2 is 2.04 bits per heavy atom. The second kappa shape index (κ2) is 6.79. The van der Waals surface area contributed by atoms with Gasteiger partial charge in [0.15, 0.2) is 0 Å². The van der Waals surface area contributed by atoms with Gasteiger partial charge in [-0.1, -0.05) is 12.1 Å². The normalized spacial score (nSPS) is 23.5. The molecule has 0 aromatic heterocycles. The van der Waals surface area contributed by atoms with Crippen LogP contribution in [-0.2, 0) is 32.7 Å². The number of carbonyl (C=O) groups is 1. The molecule has 0 spiro atoms. The van der Waals surface area contributed by atoms with Crippen molar-refractivity contribution in [2.75, 3.05) is 33.1 Å². The highest BCUT2D eigenvalue weighted by molar-refractivity contribution is 7.89. The summed E-state index contributed by atoms with van der Waals surface area (Å²) in [5.41, 5.74) is 2.52. The van der Waals surface area contributed by atoms with Crippen LogP contribution >= 0.6 is 0 Å². The van der Waals surface area contributed by atoms with Crippen LogP contribution in [0.1, 0.15) is 21.5 Å². The summed E-state index contributed by atoms with van der Waals surface area (Å²) in [5.74, 6) is -0.504. The smallest absolute Gasteiger partial charge is 0.251 e. The van der Waals surface area contributed by atoms with Crippen molar-refractivity contribution in [1.29, 1.82) is 0 Å². The molecule has 2 aliphatic heterocycles. The molecule has 1 saturated heterocycles. The fourth-order valence-electron chi connectivity index (χ4n) is 3.00. The summed E-state index contributed by atoms with van der Waals surface area (Å²) < 4.78 is 36.2. The van der Waals surface area contributed by atoms with E-state index in [9.17, 15) is 13.2 Å². The highest BCUT2D eigenvalue weighted by Gasteiger charge is 2.34. The van der Waals surface area contributed by atoms with Gasteiger partial charge in [0, 0.05) is 25.6 Å². The second-order valence-corrected chi connectivity index (χ2v) is 8.60. The summed E-state index contributed by atoms with van der Waals surface area (Å²) in [6.07, 6.45) is 0. The Kier molecular flexibility index (Phi) is 4.91. The Hall–Kier alpha value is -1.48. The minimum absolute atomic E-state index is 0.0407. The van der Waals surface area contributed by atoms with Crippen LogP contribution in [0, 0.1) is 5.92 Å². The maximum absolute atomic E-state index is 12.6. The van der Waals surface area contributed by atoms with Gasteiger partial charge in [-0.3, -0.25) is 4.79 Å². The van der Waals surface area contributed by atoms with Crippen molar-refractivity contribution >= 4 is 15.9 Å². The summed E-state index contributed by atoms with van der Waals surface area (Å²) >= 11 is 0. The highest BCUT2D eigenvalue weighted by atomic mass is 32.2. The van der Waals surface area contributed by atoms with Gasteiger partial charge in [0.1, 0.15) is 0 Å². The summed E-state index contributed by atoms with van der Waals surface area (Å²) in [7, 11) is -0.331. The Bertz CT molecular complexity index is 732. The Morgan fingerprint density at radius 1 is 1.25 bits per heavy atom. The van der Waals surface area contributed by atoms with E-state index in [1.807, 2.05) is 12.1 Å². The summed E-state index contributed by atoms with van der Waals surface area (Å²) in [4.78, 5) is 12.6. The van der Waals surface area contributed by atoms with Gasteiger partial charge in [0.2, 0.25) is 10.0 Å². The molecule has 3 rings (SSSR count). The van der Waals surface area contributed by atoms with Gasteiger partial charge >= 0.3 is 0 Å². The zero-order chi connectivity index (χ0) is 17.3. The molecule has 132 valence electrons. The maximum Gasteiger partial charge on any atom is 0.251 e. The first-order valence-electron chi connectivity index (χ1n) is 7.86. The molecular weight excluding hydrogens is 332 g/mol. The van der Waals surface area contributed by atoms with E-state index in [0.29, 0.717) is 32.0 Å². The lowest BCUT2D eigenvalue weighted by molar-refractivity contribution is 0.0921. The van der Waals surface area contributed by atoms with Gasteiger partial charge in [-0.15, -0.1) is 0 Å². The van der Waals surface area contributed by atoms with Gasteiger partial charge < -0.3 is 14.8 Å². The number of hydrogen-bond donors (Lipinski definition) is 1. The van der Waals surface area contributed by atoms with Crippen molar-refractivity contribution in [2.45, 2.75) is 19.3 Å². The van der Waals surface area contributed by atoms with Crippen LogP contribution in [0.5, 0.6) is 0 Å². The minimum Gasteiger partial charge on any atom is -0.379 e. The molecule has 1 aromatic carbocycles. The number of nitrogens with zero attached hydrogens (tertiary/aromatic N) is 1. The number of ether oxygens (including phenoxy) is 2. The van der Waals surface area contributed by atoms with Crippen molar-refractivity contribution in [2.24, 2.45) is 5.92 Å². The van der Waals surface area contributed by atoms with E-state index in [-0.39, 0.29) is 23.6 Å². The first kappa shape index (κ1) is 17.3. The van der Waals surface area contributed by atoms with Crippen LogP contribution in [0.15, 0.2) is 18.2 Å². The number of fused-ring (bicyclic) bond motifs is 1. The topological polar surface area (TPSA) is 84.9 Å². The molecule has 1 N–H and O–H groups in total. The number of rotatable bonds is 5. The molecule has 2 atom stereocenters. The van der Waals surface area contributed by atoms with E-state index in [1.54, 1.807) is 6.07 Å². The van der Waals surface area contributed by atoms with Crippen molar-refractivity contribution in [3.05, 3.63) is 34.9 Å². The molecule has 0 aliphatic carbocycles. The third-order valence-electron chi connectivity index (χ3n) is 4.52. The fraction of sp³-hybridized carbons (Fsp3) is 0.562. The molecule has 0 saturated carbocycles. The number of carbonyl (C=O) groups excluding carboxylic acids is 1. The molecule has 8 heteroatoms. The van der Waals surface area contributed by atoms with E-state index < -0.39 is 10.0 Å². The average molecular weight is 354 g/mol. The predicted molar refractivity (Wildman–Crippen MR) is 88.0 cm³/mol. The zero-order valence-electron chi connectivity index (χ0n) is 13.8. The van der Waals surface area contributed by atoms with Crippen LogP contribution < -0.4 is 5.32 Å². The lowest BCUT2D eigenvalue weighted by atomic mass is 10.0. The molecule has 1 amide bonds. The van der Waals surface area contributed by atoms with Crippen LogP contribution in [0.25, 0.3) is 0 Å². The van der Waals surface area contributed by atoms with Gasteiger partial charge in [0.25, 0.3) is 5.91 Å². The van der Waals surface area contributed by atoms with E-state index in [2.05, 4.69) is 5.32 Å². The van der Waals surface area contributed by atoms with E-state index in [0.717, 1.165) is 11.1 Å². The first-order chi connectivity index (χ1) is 11.4. The molecule has 0 radical (unpaired) electrons. The maximum atomic E-state index is 12.6. The molecule has 24 heavy (non-hydrogen) atoms. The summed E-state index contributed by atoms with van der Waals surface area (Å²) in [6.45, 7) is 1.60. The molecule has 0 bridgehead atoms. The third kappa shape index (κ3) is 3.46. The van der Waals surface area contributed by atoms with E-state index in [4.69, 9.17) is 9.47 Å². The first-order valence-corrected chi connectivity index (χ1v) is 9.46. The van der Waals surface area contributed by atoms with Crippen molar-refractivity contribution < 1.29 is 22.7 Å². The third-order valence-corrected chi connectivity index (χ3v) is 6.48. The monoisotopic (exact) mass is 354 g/mol. The molecule has 1 aromatic rings. The lowest BCUT2D eigenvalue weighted by Gasteiger charge is -2.21. The summed E-state index contributed by atoms with van der Waals surface area (Å²) in [6, 6.07) is 5.24. The van der Waals surface area contributed by atoms with Crippen molar-refractivity contribution in [3.63, 3.8) is 0 Å². The van der Waals surface area contributed by atoms with Crippen LogP contribution in [0.4, 0.5) is 0 Å². The van der Waals surface area contributed by atoms with Crippen molar-refractivity contribution in [3.8, 4) is 0 Å². The predicted octanol–water partition coefficient (Wildman–Crippen LogP) is 0.353. The SMILES string of the molecule is CN(C)S(=O)(=O)C[C@@H]1COC[C@@H]1NC(=O)c1cccc2c1COC2. The number of hydrogen-bond acceptors (Lipinski definition) is 5. The molecule has 2 heterocycles. The Morgan fingerprint density at radius 3 is 2.79 bits per heavy atom. The van der Waals surface area contributed by atoms with Crippen LogP contribution in [-0.4, -0.2) is 57.7 Å². The Labute approximate surface area is 142 Å². The molecule has 0 unspecified atom stereocenters. The highest BCUT2D eigenvalue weighted by Crippen LogP contribution is 2.24. The lowest BCUT2D eigenvalue weighted by Crippen LogP contribution is -2.43. The van der Waals surface area contributed by atoms with Gasteiger partial charge in [-0.2, -0.15) is 0 Å². The van der Waals surface area contributed by atoms with Gasteiger partial charge in [-0.05, 0) is 17.2 Å². The largest absolute Gasteiger partial charge is 0.379 e. The molecular formula is C16H22N2O5S. The average Bonchev–Trinajstić information content (AvgIpc) is 3.15. The van der Waals surface area contributed by atoms with Crippen LogP contribution in [0.2, 0.25) is 0 Å². The molecule has 7 nitrogen and oxygen atoms in total. The zero-order valence-corrected chi connectivity index (χ0v) is 14.6. The standard InChI is InChI=1S/C16H22N2O5S/c1-18(2)24(20,21)10-12-7-23-9-15(12)17-16(19)13-5-3-4-11-6-22-8-14(11)13/h3-5,12,15H,6-10H2,1-2H3,(H,17,19)/t12-,15-/m0/s1. The van der Waals surface area contributed by atoms with Crippen LogP contribution in [0.3, 0.4) is 0 Å². The van der Waals surface area contributed by atoms with E-state index >= 15 is 0 Å². The molecule has 2 aliphatic rings. The number of benzene rings is 1. The molecule has 1 fully saturated rings. The minimum atomic E-state index is -3.34. The van der Waals surface area contributed by atoms with E-state index in [1.165, 1.54) is 18.4 Å². The van der Waals surface area contributed by atoms with Gasteiger partial charge in [-0.25, -0.2) is 12.7 Å². The second-order valence-electron chi connectivity index (χ2n) is 6.37.